The van der Waals surface area contributed by atoms with Crippen molar-refractivity contribution in [3.8, 4) is 5.75 Å². The zero-order chi connectivity index (χ0) is 17.2. The van der Waals surface area contributed by atoms with E-state index in [-0.39, 0.29) is 17.9 Å². The molecule has 0 fully saturated rings. The lowest BCUT2D eigenvalue weighted by atomic mass is 10.1. The van der Waals surface area contributed by atoms with Crippen molar-refractivity contribution >= 4 is 11.5 Å². The number of aryl methyl sites for hydroxylation is 1. The van der Waals surface area contributed by atoms with Gasteiger partial charge in [0.25, 0.3) is 0 Å². The third-order valence-electron chi connectivity index (χ3n) is 3.93. The van der Waals surface area contributed by atoms with Crippen LogP contribution in [0.25, 0.3) is 0 Å². The molecule has 0 saturated heterocycles. The van der Waals surface area contributed by atoms with Gasteiger partial charge >= 0.3 is 0 Å². The van der Waals surface area contributed by atoms with E-state index >= 15 is 0 Å². The maximum absolute atomic E-state index is 12.6. The summed E-state index contributed by atoms with van der Waals surface area (Å²) in [6.45, 7) is 10.8. The van der Waals surface area contributed by atoms with Gasteiger partial charge in [-0.2, -0.15) is 0 Å². The lowest BCUT2D eigenvalue weighted by molar-refractivity contribution is 0.100. The predicted octanol–water partition coefficient (Wildman–Crippen LogP) is 4.16. The number of rotatable bonds is 5. The second kappa shape index (κ2) is 6.49. The molecule has 1 heterocycles. The lowest BCUT2D eigenvalue weighted by Crippen LogP contribution is -2.24. The fourth-order valence-corrected chi connectivity index (χ4v) is 3.09. The van der Waals surface area contributed by atoms with Crippen LogP contribution in [0.3, 0.4) is 0 Å². The standard InChI is InChI=1S/C19H26N2O2/c1-13-10-17(14(2)21(13)19(3,4)5)18(22)12-20-15-8-7-9-16(11-15)23-6/h7-11,20H,12H2,1-6H3. The van der Waals surface area contributed by atoms with Gasteiger partial charge in [0.15, 0.2) is 5.78 Å². The zero-order valence-electron chi connectivity index (χ0n) is 14.9. The fourth-order valence-electron chi connectivity index (χ4n) is 3.09. The molecule has 1 N–H and O–H groups in total. The highest BCUT2D eigenvalue weighted by Crippen LogP contribution is 2.25. The number of ether oxygens (including phenoxy) is 1. The van der Waals surface area contributed by atoms with E-state index in [4.69, 9.17) is 4.74 Å². The number of carbonyl (C=O) groups is 1. The molecule has 4 nitrogen and oxygen atoms in total. The van der Waals surface area contributed by atoms with Gasteiger partial charge in [-0.25, -0.2) is 0 Å². The number of anilines is 1. The van der Waals surface area contributed by atoms with Crippen LogP contribution in [-0.2, 0) is 5.54 Å². The van der Waals surface area contributed by atoms with Crippen LogP contribution in [0.15, 0.2) is 30.3 Å². The number of Topliss-reactive ketones (excluding diaryl/α,β-unsaturated/α-hetero) is 1. The summed E-state index contributed by atoms with van der Waals surface area (Å²) < 4.78 is 7.41. The van der Waals surface area contributed by atoms with E-state index in [0.29, 0.717) is 0 Å². The van der Waals surface area contributed by atoms with Gasteiger partial charge in [0.1, 0.15) is 5.75 Å². The molecule has 1 aromatic heterocycles. The normalized spacial score (nSPS) is 11.4. The average Bonchev–Trinajstić information content (AvgIpc) is 2.79. The molecule has 0 atom stereocenters. The number of benzene rings is 1. The molecular weight excluding hydrogens is 288 g/mol. The van der Waals surface area contributed by atoms with Gasteiger partial charge in [-0.1, -0.05) is 6.07 Å². The van der Waals surface area contributed by atoms with Crippen molar-refractivity contribution in [2.45, 2.75) is 40.2 Å². The molecule has 0 amide bonds. The molecule has 0 aliphatic carbocycles. The minimum Gasteiger partial charge on any atom is -0.497 e. The molecule has 124 valence electrons. The second-order valence-corrected chi connectivity index (χ2v) is 6.80. The van der Waals surface area contributed by atoms with Crippen molar-refractivity contribution in [1.82, 2.24) is 4.57 Å². The summed E-state index contributed by atoms with van der Waals surface area (Å²) in [5, 5.41) is 3.17. The molecule has 1 aromatic carbocycles. The zero-order valence-corrected chi connectivity index (χ0v) is 14.9. The summed E-state index contributed by atoms with van der Waals surface area (Å²) in [4.78, 5) is 12.6. The second-order valence-electron chi connectivity index (χ2n) is 6.80. The molecule has 4 heteroatoms. The fraction of sp³-hybridized carbons (Fsp3) is 0.421. The molecule has 0 unspecified atom stereocenters. The first kappa shape index (κ1) is 17.1. The van der Waals surface area contributed by atoms with E-state index in [2.05, 4.69) is 30.7 Å². The van der Waals surface area contributed by atoms with Crippen LogP contribution in [0.5, 0.6) is 5.75 Å². The van der Waals surface area contributed by atoms with Crippen molar-refractivity contribution in [1.29, 1.82) is 0 Å². The number of methoxy groups -OCH3 is 1. The Kier molecular flexibility index (Phi) is 4.83. The Hall–Kier alpha value is -2.23. The first-order chi connectivity index (χ1) is 10.7. The molecule has 2 rings (SSSR count). The number of nitrogens with zero attached hydrogens (tertiary/aromatic N) is 1. The van der Waals surface area contributed by atoms with Gasteiger partial charge in [-0.05, 0) is 52.8 Å². The van der Waals surface area contributed by atoms with Crippen molar-refractivity contribution in [3.05, 3.63) is 47.3 Å². The number of ketones is 1. The number of hydrogen-bond acceptors (Lipinski definition) is 3. The van der Waals surface area contributed by atoms with E-state index in [9.17, 15) is 4.79 Å². The summed E-state index contributed by atoms with van der Waals surface area (Å²) in [6, 6.07) is 9.57. The highest BCUT2D eigenvalue weighted by molar-refractivity contribution is 6.00. The highest BCUT2D eigenvalue weighted by Gasteiger charge is 2.22. The molecule has 2 aromatic rings. The van der Waals surface area contributed by atoms with Crippen LogP contribution >= 0.6 is 0 Å². The highest BCUT2D eigenvalue weighted by atomic mass is 16.5. The SMILES string of the molecule is COc1cccc(NCC(=O)c2cc(C)n(C(C)(C)C)c2C)c1. The molecule has 0 saturated carbocycles. The summed E-state index contributed by atoms with van der Waals surface area (Å²) >= 11 is 0. The molecule has 0 bridgehead atoms. The first-order valence-corrected chi connectivity index (χ1v) is 7.84. The molecule has 0 radical (unpaired) electrons. The predicted molar refractivity (Wildman–Crippen MR) is 94.7 cm³/mol. The maximum atomic E-state index is 12.6. The summed E-state index contributed by atoms with van der Waals surface area (Å²) in [5.74, 6) is 0.866. The smallest absolute Gasteiger partial charge is 0.183 e. The number of nitrogens with one attached hydrogen (secondary N) is 1. The van der Waals surface area contributed by atoms with Crippen molar-refractivity contribution < 1.29 is 9.53 Å². The van der Waals surface area contributed by atoms with Crippen LogP contribution in [0.4, 0.5) is 5.69 Å². The molecule has 23 heavy (non-hydrogen) atoms. The third-order valence-corrected chi connectivity index (χ3v) is 3.93. The van der Waals surface area contributed by atoms with Crippen molar-refractivity contribution in [2.24, 2.45) is 0 Å². The minimum atomic E-state index is -0.0348. The van der Waals surface area contributed by atoms with Crippen LogP contribution in [0, 0.1) is 13.8 Å². The van der Waals surface area contributed by atoms with Crippen LogP contribution in [-0.4, -0.2) is 24.0 Å². The Morgan fingerprint density at radius 1 is 1.22 bits per heavy atom. The Bertz CT molecular complexity index is 709. The minimum absolute atomic E-state index is 0.0348. The van der Waals surface area contributed by atoms with Crippen LogP contribution < -0.4 is 10.1 Å². The van der Waals surface area contributed by atoms with Crippen LogP contribution in [0.2, 0.25) is 0 Å². The van der Waals surface area contributed by atoms with E-state index in [1.54, 1.807) is 7.11 Å². The quantitative estimate of drug-likeness (QED) is 0.843. The van der Waals surface area contributed by atoms with Crippen molar-refractivity contribution in [2.75, 3.05) is 19.0 Å². The molecular formula is C19H26N2O2. The Morgan fingerprint density at radius 2 is 1.91 bits per heavy atom. The van der Waals surface area contributed by atoms with Gasteiger partial charge in [0.2, 0.25) is 0 Å². The Morgan fingerprint density at radius 3 is 2.48 bits per heavy atom. The van der Waals surface area contributed by atoms with Gasteiger partial charge < -0.3 is 14.6 Å². The molecule has 0 aliphatic rings. The van der Waals surface area contributed by atoms with E-state index < -0.39 is 0 Å². The summed E-state index contributed by atoms with van der Waals surface area (Å²) in [7, 11) is 1.63. The monoisotopic (exact) mass is 314 g/mol. The van der Waals surface area contributed by atoms with Crippen LogP contribution in [0.1, 0.15) is 42.5 Å². The number of carbonyl (C=O) groups excluding carboxylic acids is 1. The van der Waals surface area contributed by atoms with Gasteiger partial charge in [0, 0.05) is 34.2 Å². The van der Waals surface area contributed by atoms with Gasteiger partial charge in [-0.3, -0.25) is 4.79 Å². The topological polar surface area (TPSA) is 43.3 Å². The van der Waals surface area contributed by atoms with E-state index in [1.807, 2.05) is 44.2 Å². The Balaban J connectivity index is 2.15. The maximum Gasteiger partial charge on any atom is 0.183 e. The molecule has 0 spiro atoms. The number of hydrogen-bond donors (Lipinski definition) is 1. The average molecular weight is 314 g/mol. The first-order valence-electron chi connectivity index (χ1n) is 7.84. The molecule has 0 aliphatic heterocycles. The number of aromatic nitrogens is 1. The third kappa shape index (κ3) is 3.76. The van der Waals surface area contributed by atoms with Crippen molar-refractivity contribution in [3.63, 3.8) is 0 Å². The summed E-state index contributed by atoms with van der Waals surface area (Å²) in [5.41, 5.74) is 3.76. The summed E-state index contributed by atoms with van der Waals surface area (Å²) in [6.07, 6.45) is 0. The lowest BCUT2D eigenvalue weighted by Gasteiger charge is -2.25. The Labute approximate surface area is 138 Å². The van der Waals surface area contributed by atoms with E-state index in [1.165, 1.54) is 0 Å². The van der Waals surface area contributed by atoms with E-state index in [0.717, 1.165) is 28.4 Å². The van der Waals surface area contributed by atoms with Gasteiger partial charge in [-0.15, -0.1) is 0 Å². The largest absolute Gasteiger partial charge is 0.497 e. The van der Waals surface area contributed by atoms with Gasteiger partial charge in [0.05, 0.1) is 13.7 Å².